The monoisotopic (exact) mass is 311 g/mol. The van der Waals surface area contributed by atoms with Crippen molar-refractivity contribution in [2.24, 2.45) is 0 Å². The Kier molecular flexibility index (Phi) is 3.32. The van der Waals surface area contributed by atoms with Gasteiger partial charge in [-0.2, -0.15) is 4.39 Å². The molecule has 0 aliphatic carbocycles. The average molecular weight is 311 g/mol. The van der Waals surface area contributed by atoms with Crippen molar-refractivity contribution in [3.63, 3.8) is 0 Å². The zero-order chi connectivity index (χ0) is 16.0. The molecule has 8 heteroatoms. The standard InChI is InChI=1S/C14H11F2NO5/c1-21-13-10(16)9(15)2-7-11(13)17(6-4-22-5-6)3-8(12(7)18)14(19)20/h2-3,6H,4-5H2,1H3,(H,19,20). The predicted octanol–water partition coefficient (Wildman–Crippen LogP) is 1.56. The van der Waals surface area contributed by atoms with E-state index in [0.717, 1.165) is 13.3 Å². The van der Waals surface area contributed by atoms with Crippen LogP contribution in [0.15, 0.2) is 17.1 Å². The van der Waals surface area contributed by atoms with Crippen LogP contribution >= 0.6 is 0 Å². The highest BCUT2D eigenvalue weighted by Gasteiger charge is 2.28. The molecule has 116 valence electrons. The van der Waals surface area contributed by atoms with Crippen LogP contribution in [0, 0.1) is 11.6 Å². The van der Waals surface area contributed by atoms with E-state index in [-0.39, 0.29) is 30.2 Å². The Morgan fingerprint density at radius 3 is 2.64 bits per heavy atom. The van der Waals surface area contributed by atoms with Crippen molar-refractivity contribution in [1.29, 1.82) is 0 Å². The largest absolute Gasteiger partial charge is 0.491 e. The van der Waals surface area contributed by atoms with E-state index in [9.17, 15) is 18.4 Å². The van der Waals surface area contributed by atoms with Gasteiger partial charge in [-0.25, -0.2) is 9.18 Å². The fraction of sp³-hybridized carbons (Fsp3) is 0.286. The van der Waals surface area contributed by atoms with Crippen molar-refractivity contribution >= 4 is 16.9 Å². The number of nitrogens with zero attached hydrogens (tertiary/aromatic N) is 1. The summed E-state index contributed by atoms with van der Waals surface area (Å²) >= 11 is 0. The van der Waals surface area contributed by atoms with Gasteiger partial charge >= 0.3 is 5.97 Å². The average Bonchev–Trinajstić information content (AvgIpc) is 2.41. The lowest BCUT2D eigenvalue weighted by Gasteiger charge is -2.30. The molecule has 6 nitrogen and oxygen atoms in total. The molecule has 1 aliphatic heterocycles. The van der Waals surface area contributed by atoms with E-state index in [2.05, 4.69) is 0 Å². The second-order valence-electron chi connectivity index (χ2n) is 4.88. The first-order chi connectivity index (χ1) is 10.5. The van der Waals surface area contributed by atoms with Crippen LogP contribution in [0.1, 0.15) is 16.4 Å². The maximum atomic E-state index is 13.9. The number of rotatable bonds is 3. The molecule has 1 aromatic heterocycles. The third-order valence-corrected chi connectivity index (χ3v) is 3.61. The van der Waals surface area contributed by atoms with Crippen molar-refractivity contribution in [3.05, 3.63) is 39.7 Å². The number of benzene rings is 1. The SMILES string of the molecule is COc1c(F)c(F)cc2c(=O)c(C(=O)O)cn(C3COC3)c12. The molecule has 1 fully saturated rings. The molecule has 0 spiro atoms. The molecular formula is C14H11F2NO5. The van der Waals surface area contributed by atoms with Crippen LogP contribution in [0.2, 0.25) is 0 Å². The molecule has 0 radical (unpaired) electrons. The summed E-state index contributed by atoms with van der Waals surface area (Å²) in [5, 5.41) is 8.88. The smallest absolute Gasteiger partial charge is 0.341 e. The Morgan fingerprint density at radius 2 is 2.14 bits per heavy atom. The van der Waals surface area contributed by atoms with Crippen LogP contribution in [0.3, 0.4) is 0 Å². The molecule has 0 saturated carbocycles. The minimum absolute atomic E-state index is 0.0182. The molecule has 1 saturated heterocycles. The highest BCUT2D eigenvalue weighted by molar-refractivity contribution is 5.94. The Labute approximate surface area is 122 Å². The summed E-state index contributed by atoms with van der Waals surface area (Å²) in [6, 6.07) is 0.415. The van der Waals surface area contributed by atoms with Gasteiger partial charge in [-0.15, -0.1) is 0 Å². The minimum Gasteiger partial charge on any atom is -0.491 e. The van der Waals surface area contributed by atoms with E-state index < -0.39 is 34.3 Å². The van der Waals surface area contributed by atoms with Crippen LogP contribution in [0.4, 0.5) is 8.78 Å². The summed E-state index contributed by atoms with van der Waals surface area (Å²) in [7, 11) is 1.15. The molecule has 0 bridgehead atoms. The molecule has 0 unspecified atom stereocenters. The van der Waals surface area contributed by atoms with E-state index >= 15 is 0 Å². The van der Waals surface area contributed by atoms with Crippen molar-refractivity contribution in [2.75, 3.05) is 20.3 Å². The lowest BCUT2D eigenvalue weighted by atomic mass is 10.1. The van der Waals surface area contributed by atoms with Crippen molar-refractivity contribution in [1.82, 2.24) is 4.57 Å². The van der Waals surface area contributed by atoms with Crippen LogP contribution in [-0.2, 0) is 4.74 Å². The van der Waals surface area contributed by atoms with Gasteiger partial charge in [0.2, 0.25) is 11.2 Å². The second kappa shape index (κ2) is 5.06. The van der Waals surface area contributed by atoms with Gasteiger partial charge in [0.05, 0.1) is 37.3 Å². The third-order valence-electron chi connectivity index (χ3n) is 3.61. The number of carboxylic acid groups (broad SMARTS) is 1. The molecule has 0 amide bonds. The number of carboxylic acids is 1. The minimum atomic E-state index is -1.44. The van der Waals surface area contributed by atoms with Crippen molar-refractivity contribution in [2.45, 2.75) is 6.04 Å². The van der Waals surface area contributed by atoms with Gasteiger partial charge in [-0.05, 0) is 6.07 Å². The van der Waals surface area contributed by atoms with Gasteiger partial charge in [-0.3, -0.25) is 4.79 Å². The molecule has 2 aromatic rings. The normalized spacial score (nSPS) is 14.9. The van der Waals surface area contributed by atoms with E-state index in [1.165, 1.54) is 4.57 Å². The van der Waals surface area contributed by atoms with Gasteiger partial charge in [0.15, 0.2) is 11.6 Å². The molecular weight excluding hydrogens is 300 g/mol. The lowest BCUT2D eigenvalue weighted by Crippen LogP contribution is -2.33. The Bertz CT molecular complexity index is 841. The second-order valence-corrected chi connectivity index (χ2v) is 4.88. The highest BCUT2D eigenvalue weighted by Crippen LogP contribution is 2.33. The Morgan fingerprint density at radius 1 is 1.45 bits per heavy atom. The van der Waals surface area contributed by atoms with E-state index in [4.69, 9.17) is 14.6 Å². The quantitative estimate of drug-likeness (QED) is 0.930. The summed E-state index contributed by atoms with van der Waals surface area (Å²) in [6.45, 7) is 0.554. The fourth-order valence-electron chi connectivity index (χ4n) is 2.44. The van der Waals surface area contributed by atoms with Gasteiger partial charge in [0.1, 0.15) is 5.56 Å². The Balaban J connectivity index is 2.49. The highest BCUT2D eigenvalue weighted by atomic mass is 19.2. The van der Waals surface area contributed by atoms with Gasteiger partial charge in [-0.1, -0.05) is 0 Å². The number of hydrogen-bond donors (Lipinski definition) is 1. The first-order valence-electron chi connectivity index (χ1n) is 6.37. The number of carbonyl (C=O) groups is 1. The number of pyridine rings is 1. The van der Waals surface area contributed by atoms with E-state index in [0.29, 0.717) is 6.07 Å². The zero-order valence-electron chi connectivity index (χ0n) is 11.4. The molecule has 2 heterocycles. The van der Waals surface area contributed by atoms with Crippen molar-refractivity contribution in [3.8, 4) is 5.75 Å². The topological polar surface area (TPSA) is 77.8 Å². The number of halogens is 2. The molecule has 3 rings (SSSR count). The molecule has 22 heavy (non-hydrogen) atoms. The molecule has 1 aliphatic rings. The number of fused-ring (bicyclic) bond motifs is 1. The number of methoxy groups -OCH3 is 1. The van der Waals surface area contributed by atoms with Crippen LogP contribution in [0.5, 0.6) is 5.75 Å². The maximum Gasteiger partial charge on any atom is 0.341 e. The van der Waals surface area contributed by atoms with E-state index in [1.54, 1.807) is 0 Å². The number of aromatic nitrogens is 1. The van der Waals surface area contributed by atoms with Crippen molar-refractivity contribution < 1.29 is 28.2 Å². The Hall–Kier alpha value is -2.48. The summed E-state index contributed by atoms with van der Waals surface area (Å²) in [5.41, 5.74) is -1.40. The molecule has 0 atom stereocenters. The zero-order valence-corrected chi connectivity index (χ0v) is 11.4. The lowest BCUT2D eigenvalue weighted by molar-refractivity contribution is -0.0218. The molecule has 1 N–H and O–H groups in total. The predicted molar refractivity (Wildman–Crippen MR) is 71.5 cm³/mol. The summed E-state index contributed by atoms with van der Waals surface area (Å²) in [6.07, 6.45) is 1.11. The number of ether oxygens (including phenoxy) is 2. The van der Waals surface area contributed by atoms with Crippen LogP contribution in [0.25, 0.3) is 10.9 Å². The number of hydrogen-bond acceptors (Lipinski definition) is 4. The first-order valence-corrected chi connectivity index (χ1v) is 6.37. The van der Waals surface area contributed by atoms with Gasteiger partial charge in [0, 0.05) is 6.20 Å². The van der Waals surface area contributed by atoms with E-state index in [1.807, 2.05) is 0 Å². The van der Waals surface area contributed by atoms with Crippen LogP contribution in [-0.4, -0.2) is 36.0 Å². The first kappa shape index (κ1) is 14.5. The van der Waals surface area contributed by atoms with Gasteiger partial charge < -0.3 is 19.1 Å². The third kappa shape index (κ3) is 1.95. The van der Waals surface area contributed by atoms with Gasteiger partial charge in [0.25, 0.3) is 0 Å². The number of aromatic carboxylic acids is 1. The maximum absolute atomic E-state index is 13.9. The molecule has 1 aromatic carbocycles. The summed E-state index contributed by atoms with van der Waals surface area (Å²) < 4.78 is 38.9. The fourth-order valence-corrected chi connectivity index (χ4v) is 2.44. The summed E-state index contributed by atoms with van der Waals surface area (Å²) in [4.78, 5) is 23.4. The summed E-state index contributed by atoms with van der Waals surface area (Å²) in [5.74, 6) is -4.38. The van der Waals surface area contributed by atoms with Crippen LogP contribution < -0.4 is 10.2 Å².